The number of para-hydroxylation sites is 2. The van der Waals surface area contributed by atoms with Gasteiger partial charge in [0.05, 0.1) is 11.4 Å². The van der Waals surface area contributed by atoms with Crippen molar-refractivity contribution in [3.63, 3.8) is 0 Å². The molecule has 0 N–H and O–H groups in total. The largest absolute Gasteiger partial charge is 0.455 e. The Hall–Kier alpha value is -7.14. The summed E-state index contributed by atoms with van der Waals surface area (Å²) in [5, 5.41) is 4.83. The molecule has 262 valence electrons. The van der Waals surface area contributed by atoms with Crippen molar-refractivity contribution in [1.82, 2.24) is 9.97 Å². The number of aromatic nitrogens is 2. The maximum Gasteiger partial charge on any atom is 0.160 e. The minimum absolute atomic E-state index is 0.688. The minimum atomic E-state index is 0.688. The lowest BCUT2D eigenvalue weighted by Crippen LogP contribution is -1.96. The Morgan fingerprint density at radius 3 is 1.75 bits per heavy atom. The Kier molecular flexibility index (Phi) is 7.68. The monoisotopic (exact) mass is 732 g/mol. The minimum Gasteiger partial charge on any atom is -0.455 e. The summed E-state index contributed by atoms with van der Waals surface area (Å²) in [5.41, 5.74) is 13.3. The molecule has 0 aliphatic carbocycles. The highest BCUT2D eigenvalue weighted by molar-refractivity contribution is 7.26. The standard InChI is InChI=1S/C52H32N2OS/c1-3-13-35(14-4-1)46-32-47(54-52(53-46)36-15-5-2-6-16-36)39-30-37(29-38(31-39)40-19-11-21-44-42-17-7-9-23-48(42)55-50(40)44)33-25-27-34(28-26-33)41-20-12-22-45-43-18-8-10-24-49(43)56-51(41)45/h1-32H. The van der Waals surface area contributed by atoms with Gasteiger partial charge in [-0.25, -0.2) is 9.97 Å². The maximum absolute atomic E-state index is 6.58. The Bertz CT molecular complexity index is 3180. The summed E-state index contributed by atoms with van der Waals surface area (Å²) in [4.78, 5) is 10.3. The molecule has 4 heteroatoms. The molecule has 0 aliphatic rings. The van der Waals surface area contributed by atoms with Crippen molar-refractivity contribution in [2.75, 3.05) is 0 Å². The predicted octanol–water partition coefficient (Wildman–Crippen LogP) is 14.7. The highest BCUT2D eigenvalue weighted by Gasteiger charge is 2.17. The van der Waals surface area contributed by atoms with Gasteiger partial charge in [0.2, 0.25) is 0 Å². The molecule has 0 unspecified atom stereocenters. The van der Waals surface area contributed by atoms with E-state index in [0.717, 1.165) is 72.3 Å². The average molecular weight is 733 g/mol. The van der Waals surface area contributed by atoms with Gasteiger partial charge in [-0.3, -0.25) is 0 Å². The van der Waals surface area contributed by atoms with Gasteiger partial charge in [0.25, 0.3) is 0 Å². The van der Waals surface area contributed by atoms with E-state index in [2.05, 4.69) is 158 Å². The second-order valence-corrected chi connectivity index (χ2v) is 15.2. The van der Waals surface area contributed by atoms with Gasteiger partial charge in [-0.2, -0.15) is 0 Å². The summed E-state index contributed by atoms with van der Waals surface area (Å²) < 4.78 is 9.21. The Labute approximate surface area is 327 Å². The number of fused-ring (bicyclic) bond motifs is 6. The fraction of sp³-hybridized carbons (Fsp3) is 0. The molecule has 0 saturated heterocycles. The van der Waals surface area contributed by atoms with Crippen LogP contribution in [0.1, 0.15) is 0 Å². The van der Waals surface area contributed by atoms with Crippen LogP contribution >= 0.6 is 11.3 Å². The number of hydrogen-bond donors (Lipinski definition) is 0. The van der Waals surface area contributed by atoms with E-state index >= 15 is 0 Å². The van der Waals surface area contributed by atoms with Gasteiger partial charge < -0.3 is 4.42 Å². The van der Waals surface area contributed by atoms with E-state index in [1.165, 1.54) is 31.3 Å². The van der Waals surface area contributed by atoms with E-state index in [4.69, 9.17) is 14.4 Å². The van der Waals surface area contributed by atoms with Crippen molar-refractivity contribution in [1.29, 1.82) is 0 Å². The topological polar surface area (TPSA) is 38.9 Å². The van der Waals surface area contributed by atoms with Crippen LogP contribution in [0.15, 0.2) is 199 Å². The van der Waals surface area contributed by atoms with Crippen molar-refractivity contribution in [3.05, 3.63) is 194 Å². The summed E-state index contributed by atoms with van der Waals surface area (Å²) in [6.45, 7) is 0. The molecular formula is C52H32N2OS. The molecule has 0 radical (unpaired) electrons. The first-order chi connectivity index (χ1) is 27.7. The van der Waals surface area contributed by atoms with Crippen molar-refractivity contribution in [2.24, 2.45) is 0 Å². The molecule has 3 heterocycles. The lowest BCUT2D eigenvalue weighted by atomic mass is 9.92. The smallest absolute Gasteiger partial charge is 0.160 e. The van der Waals surface area contributed by atoms with Crippen molar-refractivity contribution < 1.29 is 4.42 Å². The molecule has 11 aromatic rings. The number of thiophene rings is 1. The van der Waals surface area contributed by atoms with Crippen LogP contribution in [0.4, 0.5) is 0 Å². The fourth-order valence-corrected chi connectivity index (χ4v) is 9.20. The third-order valence-corrected chi connectivity index (χ3v) is 11.9. The van der Waals surface area contributed by atoms with Crippen molar-refractivity contribution >= 4 is 53.4 Å². The Morgan fingerprint density at radius 1 is 0.357 bits per heavy atom. The SMILES string of the molecule is c1ccc(-c2cc(-c3cc(-c4ccc(-c5cccc6c5sc5ccccc56)cc4)cc(-c4cccc5c4oc4ccccc45)c3)nc(-c3ccccc3)n2)cc1. The molecule has 0 aliphatic heterocycles. The molecule has 0 bridgehead atoms. The summed E-state index contributed by atoms with van der Waals surface area (Å²) >= 11 is 1.86. The zero-order valence-electron chi connectivity index (χ0n) is 30.2. The molecule has 0 amide bonds. The van der Waals surface area contributed by atoms with Gasteiger partial charge in [0.1, 0.15) is 11.2 Å². The first-order valence-electron chi connectivity index (χ1n) is 18.8. The van der Waals surface area contributed by atoms with E-state index < -0.39 is 0 Å². The van der Waals surface area contributed by atoms with Crippen LogP contribution in [0.25, 0.3) is 109 Å². The Morgan fingerprint density at radius 2 is 0.946 bits per heavy atom. The van der Waals surface area contributed by atoms with Crippen LogP contribution < -0.4 is 0 Å². The quantitative estimate of drug-likeness (QED) is 0.171. The van der Waals surface area contributed by atoms with Gasteiger partial charge in [-0.1, -0.05) is 158 Å². The van der Waals surface area contributed by atoms with Gasteiger partial charge in [0.15, 0.2) is 5.82 Å². The summed E-state index contributed by atoms with van der Waals surface area (Å²) in [6, 6.07) is 68.5. The average Bonchev–Trinajstić information content (AvgIpc) is 3.86. The van der Waals surface area contributed by atoms with Crippen LogP contribution in [0, 0.1) is 0 Å². The lowest BCUT2D eigenvalue weighted by molar-refractivity contribution is 0.670. The summed E-state index contributed by atoms with van der Waals surface area (Å²) in [6.07, 6.45) is 0. The molecule has 0 spiro atoms. The number of hydrogen-bond acceptors (Lipinski definition) is 4. The van der Waals surface area contributed by atoms with Crippen molar-refractivity contribution in [3.8, 4) is 67.3 Å². The fourth-order valence-electron chi connectivity index (χ4n) is 7.96. The molecular weight excluding hydrogens is 701 g/mol. The van der Waals surface area contributed by atoms with E-state index in [-0.39, 0.29) is 0 Å². The van der Waals surface area contributed by atoms with E-state index in [1.807, 2.05) is 47.7 Å². The van der Waals surface area contributed by atoms with Crippen LogP contribution in [-0.4, -0.2) is 9.97 Å². The molecule has 3 nitrogen and oxygen atoms in total. The molecule has 8 aromatic carbocycles. The zero-order chi connectivity index (χ0) is 37.0. The van der Waals surface area contributed by atoms with Gasteiger partial charge in [-0.15, -0.1) is 11.3 Å². The number of nitrogens with zero attached hydrogens (tertiary/aromatic N) is 2. The van der Waals surface area contributed by atoms with E-state index in [0.29, 0.717) is 5.82 Å². The van der Waals surface area contributed by atoms with Crippen LogP contribution in [-0.2, 0) is 0 Å². The van der Waals surface area contributed by atoms with Crippen molar-refractivity contribution in [2.45, 2.75) is 0 Å². The summed E-state index contributed by atoms with van der Waals surface area (Å²) in [5.74, 6) is 0.688. The highest BCUT2D eigenvalue weighted by Crippen LogP contribution is 2.42. The highest BCUT2D eigenvalue weighted by atomic mass is 32.1. The third kappa shape index (κ3) is 5.58. The van der Waals surface area contributed by atoms with Gasteiger partial charge >= 0.3 is 0 Å². The number of furan rings is 1. The molecule has 0 saturated carbocycles. The number of rotatable bonds is 6. The van der Waals surface area contributed by atoms with Crippen LogP contribution in [0.3, 0.4) is 0 Å². The molecule has 0 atom stereocenters. The van der Waals surface area contributed by atoms with Gasteiger partial charge in [-0.05, 0) is 64.2 Å². The number of benzene rings is 8. The van der Waals surface area contributed by atoms with Crippen LogP contribution in [0.2, 0.25) is 0 Å². The lowest BCUT2D eigenvalue weighted by Gasteiger charge is -2.14. The normalized spacial score (nSPS) is 11.6. The molecule has 0 fully saturated rings. The second-order valence-electron chi connectivity index (χ2n) is 14.1. The maximum atomic E-state index is 6.58. The Balaban J connectivity index is 1.10. The second kappa shape index (κ2) is 13.3. The van der Waals surface area contributed by atoms with Crippen LogP contribution in [0.5, 0.6) is 0 Å². The summed E-state index contributed by atoms with van der Waals surface area (Å²) in [7, 11) is 0. The van der Waals surface area contributed by atoms with Gasteiger partial charge in [0, 0.05) is 53.2 Å². The zero-order valence-corrected chi connectivity index (χ0v) is 31.0. The first kappa shape index (κ1) is 32.3. The predicted molar refractivity (Wildman–Crippen MR) is 235 cm³/mol. The molecule has 11 rings (SSSR count). The van der Waals surface area contributed by atoms with E-state index in [1.54, 1.807) is 0 Å². The van der Waals surface area contributed by atoms with E-state index in [9.17, 15) is 0 Å². The molecule has 56 heavy (non-hydrogen) atoms. The first-order valence-corrected chi connectivity index (χ1v) is 19.6. The third-order valence-electron chi connectivity index (χ3n) is 10.7. The molecule has 3 aromatic heterocycles.